The Morgan fingerprint density at radius 3 is 1.82 bits per heavy atom. The van der Waals surface area contributed by atoms with Crippen molar-refractivity contribution in [2.75, 3.05) is 13.2 Å². The molecular weight excluding hydrogens is 588 g/mol. The van der Waals surface area contributed by atoms with Crippen LogP contribution in [0, 0.1) is 0 Å². The summed E-state index contributed by atoms with van der Waals surface area (Å²) in [5.74, 6) is -2.19. The van der Waals surface area contributed by atoms with Gasteiger partial charge < -0.3 is 43.0 Å². The van der Waals surface area contributed by atoms with E-state index in [4.69, 9.17) is 37.9 Å². The lowest BCUT2D eigenvalue weighted by atomic mass is 9.97. The lowest BCUT2D eigenvalue weighted by Crippen LogP contribution is -2.63. The zero-order valence-electron chi connectivity index (χ0n) is 23.8. The molecule has 6 unspecified atom stereocenters. The van der Waals surface area contributed by atoms with Crippen LogP contribution in [0.1, 0.15) is 31.1 Å². The van der Waals surface area contributed by atoms with Gasteiger partial charge in [-0.3, -0.25) is 0 Å². The first-order valence-corrected chi connectivity index (χ1v) is 14.6. The molecule has 45 heavy (non-hydrogen) atoms. The number of aliphatic hydroxyl groups excluding tert-OH is 1. The predicted octanol–water partition coefficient (Wildman–Crippen LogP) is 2.29. The molecule has 2 bridgehead atoms. The van der Waals surface area contributed by atoms with Gasteiger partial charge in [0.2, 0.25) is 0 Å². The maximum absolute atomic E-state index is 13.3. The number of esters is 3. The number of fused-ring (bicyclic) bond motifs is 4. The summed E-state index contributed by atoms with van der Waals surface area (Å²) in [6.07, 6.45) is -9.55. The Hall–Kier alpha value is -4.17. The highest BCUT2D eigenvalue weighted by Crippen LogP contribution is 2.44. The molecule has 234 valence electrons. The summed E-state index contributed by atoms with van der Waals surface area (Å²) in [5, 5.41) is 11.5. The SMILES string of the molecule is O=C(OCC1O[C@@H](O[C@@H]2C3CO[C@H](O3)C3OC32)C(OC(=O)c2ccccc2)C(OC(=O)c2ccccc2)[C@@H]1O)c1ccccc1. The zero-order chi connectivity index (χ0) is 30.9. The molecule has 7 rings (SSSR count). The van der Waals surface area contributed by atoms with E-state index in [1.807, 2.05) is 0 Å². The van der Waals surface area contributed by atoms with Gasteiger partial charge in [0.1, 0.15) is 43.2 Å². The topological polar surface area (TPSA) is 149 Å². The van der Waals surface area contributed by atoms with Gasteiger partial charge in [-0.15, -0.1) is 0 Å². The summed E-state index contributed by atoms with van der Waals surface area (Å²) >= 11 is 0. The molecule has 12 nitrogen and oxygen atoms in total. The highest BCUT2D eigenvalue weighted by Gasteiger charge is 2.64. The van der Waals surface area contributed by atoms with Crippen LogP contribution in [0.3, 0.4) is 0 Å². The second kappa shape index (κ2) is 12.7. The molecule has 0 spiro atoms. The maximum Gasteiger partial charge on any atom is 0.338 e. The van der Waals surface area contributed by atoms with Crippen LogP contribution in [0.4, 0.5) is 0 Å². The van der Waals surface area contributed by atoms with Crippen LogP contribution in [0.15, 0.2) is 91.0 Å². The van der Waals surface area contributed by atoms with Gasteiger partial charge in [-0.2, -0.15) is 0 Å². The molecule has 3 aromatic rings. The van der Waals surface area contributed by atoms with Gasteiger partial charge in [0.05, 0.1) is 23.3 Å². The summed E-state index contributed by atoms with van der Waals surface area (Å²) in [7, 11) is 0. The van der Waals surface area contributed by atoms with E-state index in [9.17, 15) is 19.5 Å². The third-order valence-corrected chi connectivity index (χ3v) is 8.06. The first kappa shape index (κ1) is 29.5. The van der Waals surface area contributed by atoms with Crippen LogP contribution in [0.25, 0.3) is 0 Å². The predicted molar refractivity (Wildman–Crippen MR) is 151 cm³/mol. The number of benzene rings is 3. The number of carbonyl (C=O) groups excluding carboxylic acids is 3. The van der Waals surface area contributed by atoms with Gasteiger partial charge in [0, 0.05) is 0 Å². The monoisotopic (exact) mass is 618 g/mol. The van der Waals surface area contributed by atoms with Crippen LogP contribution in [0.2, 0.25) is 0 Å². The zero-order valence-corrected chi connectivity index (χ0v) is 23.8. The minimum Gasteiger partial charge on any atom is -0.459 e. The van der Waals surface area contributed by atoms with E-state index in [2.05, 4.69) is 0 Å². The van der Waals surface area contributed by atoms with Gasteiger partial charge in [0.25, 0.3) is 0 Å². The van der Waals surface area contributed by atoms with Crippen molar-refractivity contribution in [3.8, 4) is 0 Å². The van der Waals surface area contributed by atoms with E-state index in [1.165, 1.54) is 0 Å². The minimum atomic E-state index is -1.60. The molecule has 0 amide bonds. The number of hydrogen-bond donors (Lipinski definition) is 1. The van der Waals surface area contributed by atoms with E-state index in [0.717, 1.165) is 0 Å². The molecule has 4 saturated heterocycles. The van der Waals surface area contributed by atoms with Crippen LogP contribution >= 0.6 is 0 Å². The smallest absolute Gasteiger partial charge is 0.338 e. The molecule has 4 aliphatic heterocycles. The van der Waals surface area contributed by atoms with Crippen molar-refractivity contribution in [2.24, 2.45) is 0 Å². The Bertz CT molecular complexity index is 1500. The Morgan fingerprint density at radius 1 is 0.667 bits per heavy atom. The second-order valence-electron chi connectivity index (χ2n) is 11.0. The van der Waals surface area contributed by atoms with Crippen molar-refractivity contribution in [1.82, 2.24) is 0 Å². The van der Waals surface area contributed by atoms with Crippen LogP contribution in [-0.4, -0.2) is 97.6 Å². The number of aliphatic hydroxyl groups is 1. The molecule has 3 aromatic carbocycles. The van der Waals surface area contributed by atoms with Gasteiger partial charge in [0.15, 0.2) is 24.8 Å². The van der Waals surface area contributed by atoms with Gasteiger partial charge in [-0.1, -0.05) is 54.6 Å². The molecule has 0 aromatic heterocycles. The summed E-state index contributed by atoms with van der Waals surface area (Å²) < 4.78 is 47.0. The first-order chi connectivity index (χ1) is 22.0. The first-order valence-electron chi connectivity index (χ1n) is 14.6. The van der Waals surface area contributed by atoms with Crippen LogP contribution in [-0.2, 0) is 37.9 Å². The summed E-state index contributed by atoms with van der Waals surface area (Å²) in [4.78, 5) is 39.3. The number of epoxide rings is 1. The molecule has 12 heteroatoms. The Balaban J connectivity index is 1.18. The van der Waals surface area contributed by atoms with Crippen LogP contribution < -0.4 is 0 Å². The molecule has 4 heterocycles. The molecule has 10 atom stereocenters. The van der Waals surface area contributed by atoms with Gasteiger partial charge >= 0.3 is 17.9 Å². The quantitative estimate of drug-likeness (QED) is 0.213. The number of rotatable bonds is 9. The van der Waals surface area contributed by atoms with E-state index < -0.39 is 73.7 Å². The fourth-order valence-electron chi connectivity index (χ4n) is 5.68. The molecule has 0 saturated carbocycles. The van der Waals surface area contributed by atoms with E-state index in [-0.39, 0.29) is 29.9 Å². The summed E-state index contributed by atoms with van der Waals surface area (Å²) in [5.41, 5.74) is 0.721. The Labute approximate surface area is 257 Å². The van der Waals surface area contributed by atoms with E-state index >= 15 is 0 Å². The van der Waals surface area contributed by atoms with Crippen molar-refractivity contribution in [2.45, 2.75) is 61.4 Å². The maximum atomic E-state index is 13.3. The number of ether oxygens (including phenoxy) is 8. The molecule has 4 fully saturated rings. The summed E-state index contributed by atoms with van der Waals surface area (Å²) in [6.45, 7) is -0.175. The van der Waals surface area contributed by atoms with Crippen molar-refractivity contribution in [3.05, 3.63) is 108 Å². The van der Waals surface area contributed by atoms with Crippen molar-refractivity contribution >= 4 is 17.9 Å². The Kier molecular flexibility index (Phi) is 8.32. The van der Waals surface area contributed by atoms with Gasteiger partial charge in [-0.25, -0.2) is 14.4 Å². The lowest BCUT2D eigenvalue weighted by Gasteiger charge is -2.44. The molecule has 4 aliphatic rings. The molecule has 0 radical (unpaired) electrons. The average molecular weight is 619 g/mol. The van der Waals surface area contributed by atoms with Crippen molar-refractivity contribution < 1.29 is 57.4 Å². The lowest BCUT2D eigenvalue weighted by molar-refractivity contribution is -0.317. The molecular formula is C33H30O12. The van der Waals surface area contributed by atoms with E-state index in [0.29, 0.717) is 5.56 Å². The third-order valence-electron chi connectivity index (χ3n) is 8.06. The highest BCUT2D eigenvalue weighted by molar-refractivity contribution is 5.90. The van der Waals surface area contributed by atoms with Gasteiger partial charge in [-0.05, 0) is 36.4 Å². The summed E-state index contributed by atoms with van der Waals surface area (Å²) in [6, 6.07) is 24.7. The largest absolute Gasteiger partial charge is 0.459 e. The minimum absolute atomic E-state index is 0.206. The fraction of sp³-hybridized carbons (Fsp3) is 0.364. The van der Waals surface area contributed by atoms with Crippen molar-refractivity contribution in [1.29, 1.82) is 0 Å². The normalized spacial score (nSPS) is 33.0. The third kappa shape index (κ3) is 6.21. The van der Waals surface area contributed by atoms with Crippen molar-refractivity contribution in [3.63, 3.8) is 0 Å². The van der Waals surface area contributed by atoms with E-state index in [1.54, 1.807) is 91.0 Å². The fourth-order valence-corrected chi connectivity index (χ4v) is 5.68. The Morgan fingerprint density at radius 2 is 1.22 bits per heavy atom. The standard InChI is InChI=1S/C33H30O12/c34-23-21(16-38-29(35)18-10-4-1-5-11-18)40-33(45-24-22-17-39-32(41-22)28-26(24)42-28)27(44-31(37)20-14-8-3-9-15-20)25(23)43-30(36)19-12-6-2-7-13-19/h1-15,21-28,32-34H,16-17H2/t21?,22?,23-,24-,25?,26?,27?,28?,32-,33+/m1/s1. The molecule has 0 aliphatic carbocycles. The highest BCUT2D eigenvalue weighted by atomic mass is 16.8. The molecule has 1 N–H and O–H groups in total. The van der Waals surface area contributed by atoms with Crippen LogP contribution in [0.5, 0.6) is 0 Å². The number of hydrogen-bond acceptors (Lipinski definition) is 12. The average Bonchev–Trinajstić information content (AvgIpc) is 3.77. The second-order valence-corrected chi connectivity index (χ2v) is 11.0. The number of carbonyl (C=O) groups is 3.